The molecule has 2 rings (SSSR count). The van der Waals surface area contributed by atoms with Gasteiger partial charge in [-0.1, -0.05) is 19.1 Å². The lowest BCUT2D eigenvalue weighted by molar-refractivity contribution is 0.453. The van der Waals surface area contributed by atoms with Crippen LogP contribution in [0.3, 0.4) is 0 Å². The number of furan rings is 1. The topological polar surface area (TPSA) is 25.2 Å². The minimum Gasteiger partial charge on any atom is -0.456 e. The van der Waals surface area contributed by atoms with Gasteiger partial charge < -0.3 is 9.73 Å². The van der Waals surface area contributed by atoms with Gasteiger partial charge in [-0.3, -0.25) is 0 Å². The lowest BCUT2D eigenvalue weighted by Crippen LogP contribution is -2.22. The second-order valence-corrected chi connectivity index (χ2v) is 4.78. The van der Waals surface area contributed by atoms with Crippen LogP contribution in [0.25, 0.3) is 11.0 Å². The van der Waals surface area contributed by atoms with Gasteiger partial charge in [-0.2, -0.15) is 11.8 Å². The highest BCUT2D eigenvalue weighted by Crippen LogP contribution is 2.27. The van der Waals surface area contributed by atoms with Crippen molar-refractivity contribution in [3.63, 3.8) is 0 Å². The van der Waals surface area contributed by atoms with Crippen LogP contribution in [0.15, 0.2) is 28.7 Å². The average Bonchev–Trinajstić information content (AvgIpc) is 2.74. The van der Waals surface area contributed by atoms with Crippen LogP contribution >= 0.6 is 11.8 Å². The van der Waals surface area contributed by atoms with Crippen LogP contribution in [0.4, 0.5) is 4.39 Å². The first-order chi connectivity index (χ1) is 8.26. The first-order valence-electron chi connectivity index (χ1n) is 5.66. The Morgan fingerprint density at radius 2 is 2.29 bits per heavy atom. The van der Waals surface area contributed by atoms with E-state index in [1.54, 1.807) is 17.8 Å². The Hall–Kier alpha value is -1.00. The number of halogens is 1. The van der Waals surface area contributed by atoms with Gasteiger partial charge in [-0.15, -0.1) is 0 Å². The largest absolute Gasteiger partial charge is 0.456 e. The third-order valence-corrected chi connectivity index (χ3v) is 3.31. The Morgan fingerprint density at radius 3 is 2.94 bits per heavy atom. The average molecular weight is 253 g/mol. The molecule has 0 saturated heterocycles. The molecule has 0 aliphatic carbocycles. The smallest absolute Gasteiger partial charge is 0.169 e. The molecular formula is C13H16FNOS. The monoisotopic (exact) mass is 253 g/mol. The molecule has 4 heteroatoms. The quantitative estimate of drug-likeness (QED) is 0.881. The van der Waals surface area contributed by atoms with Crippen LogP contribution in [-0.2, 0) is 0 Å². The first-order valence-corrected chi connectivity index (χ1v) is 7.06. The summed E-state index contributed by atoms with van der Waals surface area (Å²) in [6, 6.07) is 7.05. The molecule has 1 N–H and O–H groups in total. The summed E-state index contributed by atoms with van der Waals surface area (Å²) in [5, 5.41) is 4.17. The summed E-state index contributed by atoms with van der Waals surface area (Å²) in [7, 11) is 0. The molecule has 92 valence electrons. The molecule has 0 spiro atoms. The molecule has 0 saturated carbocycles. The molecule has 0 fully saturated rings. The highest BCUT2D eigenvalue weighted by Gasteiger charge is 2.16. The molecule has 1 heterocycles. The normalized spacial score (nSPS) is 13.1. The fourth-order valence-corrected chi connectivity index (χ4v) is 2.49. The van der Waals surface area contributed by atoms with E-state index in [0.29, 0.717) is 5.58 Å². The summed E-state index contributed by atoms with van der Waals surface area (Å²) in [4.78, 5) is 0. The minimum atomic E-state index is -0.298. The van der Waals surface area contributed by atoms with E-state index >= 15 is 0 Å². The van der Waals surface area contributed by atoms with Gasteiger partial charge in [-0.05, 0) is 24.9 Å². The van der Waals surface area contributed by atoms with Crippen molar-refractivity contribution in [1.82, 2.24) is 5.32 Å². The van der Waals surface area contributed by atoms with Gasteiger partial charge in [0.25, 0.3) is 0 Å². The number of rotatable bonds is 5. The zero-order chi connectivity index (χ0) is 12.3. The molecule has 2 nitrogen and oxygen atoms in total. The van der Waals surface area contributed by atoms with Gasteiger partial charge in [0, 0.05) is 11.1 Å². The van der Waals surface area contributed by atoms with Gasteiger partial charge in [0.15, 0.2) is 11.4 Å². The molecule has 2 aromatic rings. The highest BCUT2D eigenvalue weighted by atomic mass is 32.2. The maximum absolute atomic E-state index is 13.5. The number of nitrogens with one attached hydrogen (secondary N) is 1. The molecule has 1 aromatic heterocycles. The van der Waals surface area contributed by atoms with E-state index < -0.39 is 0 Å². The number of hydrogen-bond donors (Lipinski definition) is 1. The van der Waals surface area contributed by atoms with Crippen molar-refractivity contribution in [2.45, 2.75) is 13.0 Å². The van der Waals surface area contributed by atoms with Crippen molar-refractivity contribution in [2.24, 2.45) is 0 Å². The molecule has 17 heavy (non-hydrogen) atoms. The summed E-state index contributed by atoms with van der Waals surface area (Å²) in [5.74, 6) is 1.42. The summed E-state index contributed by atoms with van der Waals surface area (Å²) in [6.45, 7) is 2.92. The maximum Gasteiger partial charge on any atom is 0.169 e. The van der Waals surface area contributed by atoms with E-state index in [1.807, 2.05) is 18.4 Å². The van der Waals surface area contributed by atoms with Crippen molar-refractivity contribution < 1.29 is 8.81 Å². The number of benzene rings is 1. The first kappa shape index (κ1) is 12.5. The molecule has 1 aromatic carbocycles. The SMILES string of the molecule is CCNC(CSC)c1cc2cccc(F)c2o1. The zero-order valence-electron chi connectivity index (χ0n) is 10.00. The predicted octanol–water partition coefficient (Wildman–Crippen LogP) is 3.59. The van der Waals surface area contributed by atoms with Crippen LogP contribution in [0, 0.1) is 5.82 Å². The Morgan fingerprint density at radius 1 is 1.47 bits per heavy atom. The molecule has 0 aliphatic heterocycles. The van der Waals surface area contributed by atoms with E-state index in [9.17, 15) is 4.39 Å². The van der Waals surface area contributed by atoms with Crippen molar-refractivity contribution >= 4 is 22.7 Å². The van der Waals surface area contributed by atoms with Crippen LogP contribution in [-0.4, -0.2) is 18.6 Å². The van der Waals surface area contributed by atoms with E-state index in [2.05, 4.69) is 12.2 Å². The third kappa shape index (κ3) is 2.64. The standard InChI is InChI=1S/C13H16FNOS/c1-3-15-11(8-17-2)12-7-9-5-4-6-10(14)13(9)16-12/h4-7,11,15H,3,8H2,1-2H3. The number of para-hydroxylation sites is 1. The Labute approximate surface area is 105 Å². The van der Waals surface area contributed by atoms with Gasteiger partial charge in [-0.25, -0.2) is 4.39 Å². The number of fused-ring (bicyclic) bond motifs is 1. The van der Waals surface area contributed by atoms with Crippen molar-refractivity contribution in [2.75, 3.05) is 18.6 Å². The van der Waals surface area contributed by atoms with Gasteiger partial charge in [0.1, 0.15) is 5.76 Å². The third-order valence-electron chi connectivity index (χ3n) is 2.64. The summed E-state index contributed by atoms with van der Waals surface area (Å²) < 4.78 is 19.1. The Balaban J connectivity index is 2.36. The Bertz CT molecular complexity index is 491. The van der Waals surface area contributed by atoms with E-state index in [0.717, 1.165) is 23.4 Å². The van der Waals surface area contributed by atoms with Crippen molar-refractivity contribution in [3.05, 3.63) is 35.8 Å². The van der Waals surface area contributed by atoms with Gasteiger partial charge in [0.2, 0.25) is 0 Å². The van der Waals surface area contributed by atoms with E-state index in [4.69, 9.17) is 4.42 Å². The van der Waals surface area contributed by atoms with Crippen LogP contribution < -0.4 is 5.32 Å². The van der Waals surface area contributed by atoms with Gasteiger partial charge >= 0.3 is 0 Å². The van der Waals surface area contributed by atoms with Crippen molar-refractivity contribution in [3.8, 4) is 0 Å². The summed E-state index contributed by atoms with van der Waals surface area (Å²) in [6.07, 6.45) is 2.05. The Kier molecular flexibility index (Phi) is 4.07. The zero-order valence-corrected chi connectivity index (χ0v) is 10.8. The van der Waals surface area contributed by atoms with E-state index in [-0.39, 0.29) is 11.9 Å². The molecule has 1 atom stereocenters. The fourth-order valence-electron chi connectivity index (χ4n) is 1.87. The molecule has 0 amide bonds. The van der Waals surface area contributed by atoms with E-state index in [1.165, 1.54) is 6.07 Å². The maximum atomic E-state index is 13.5. The van der Waals surface area contributed by atoms with Crippen LogP contribution in [0.5, 0.6) is 0 Å². The lowest BCUT2D eigenvalue weighted by Gasteiger charge is -2.13. The van der Waals surface area contributed by atoms with Crippen molar-refractivity contribution in [1.29, 1.82) is 0 Å². The fraction of sp³-hybridized carbons (Fsp3) is 0.385. The summed E-state index contributed by atoms with van der Waals surface area (Å²) in [5.41, 5.74) is 0.353. The highest BCUT2D eigenvalue weighted by molar-refractivity contribution is 7.98. The number of thioether (sulfide) groups is 1. The van der Waals surface area contributed by atoms with Crippen LogP contribution in [0.2, 0.25) is 0 Å². The summed E-state index contributed by atoms with van der Waals surface area (Å²) >= 11 is 1.74. The minimum absolute atomic E-state index is 0.141. The second-order valence-electron chi connectivity index (χ2n) is 3.87. The molecule has 0 radical (unpaired) electrons. The molecule has 0 bridgehead atoms. The predicted molar refractivity (Wildman–Crippen MR) is 71.0 cm³/mol. The number of hydrogen-bond acceptors (Lipinski definition) is 3. The molecule has 0 aliphatic rings. The molecule has 1 unspecified atom stereocenters. The van der Waals surface area contributed by atoms with Crippen LogP contribution in [0.1, 0.15) is 18.7 Å². The lowest BCUT2D eigenvalue weighted by atomic mass is 10.2. The second kappa shape index (κ2) is 5.56. The molecular weight excluding hydrogens is 237 g/mol. The van der Waals surface area contributed by atoms with Gasteiger partial charge in [0.05, 0.1) is 6.04 Å².